The van der Waals surface area contributed by atoms with Crippen molar-refractivity contribution >= 4 is 28.5 Å². The Morgan fingerprint density at radius 1 is 1.21 bits per heavy atom. The van der Waals surface area contributed by atoms with Gasteiger partial charge in [-0.05, 0) is 49.1 Å². The predicted molar refractivity (Wildman–Crippen MR) is 114 cm³/mol. The zero-order chi connectivity index (χ0) is 20.2. The number of hydrogen-bond donors (Lipinski definition) is 2. The summed E-state index contributed by atoms with van der Waals surface area (Å²) in [6.45, 7) is 3.57. The summed E-state index contributed by atoms with van der Waals surface area (Å²) in [7, 11) is 0. The van der Waals surface area contributed by atoms with E-state index in [0.29, 0.717) is 19.4 Å². The number of nitrogens with one attached hydrogen (secondary N) is 2. The zero-order valence-corrected chi connectivity index (χ0v) is 16.7. The number of carbonyl (C=O) groups excluding carboxylic acids is 2. The molecule has 3 aromatic rings. The van der Waals surface area contributed by atoms with Gasteiger partial charge in [-0.2, -0.15) is 0 Å². The Morgan fingerprint density at radius 2 is 2.07 bits per heavy atom. The first-order chi connectivity index (χ1) is 14.1. The van der Waals surface area contributed by atoms with Crippen molar-refractivity contribution < 1.29 is 9.59 Å². The molecule has 4 rings (SSSR count). The molecule has 6 nitrogen and oxygen atoms in total. The van der Waals surface area contributed by atoms with Crippen LogP contribution in [0.1, 0.15) is 36.7 Å². The highest BCUT2D eigenvalue weighted by Gasteiger charge is 2.17. The summed E-state index contributed by atoms with van der Waals surface area (Å²) < 4.78 is 2.20. The first-order valence-electron chi connectivity index (χ1n) is 10.3. The van der Waals surface area contributed by atoms with Gasteiger partial charge in [-0.15, -0.1) is 0 Å². The van der Waals surface area contributed by atoms with Crippen molar-refractivity contribution in [3.05, 3.63) is 59.4 Å². The lowest BCUT2D eigenvalue weighted by molar-refractivity contribution is -0.121. The molecule has 1 aromatic heterocycles. The summed E-state index contributed by atoms with van der Waals surface area (Å²) in [5.74, 6) is 1.13. The largest absolute Gasteiger partial charge is 0.356 e. The van der Waals surface area contributed by atoms with Gasteiger partial charge < -0.3 is 15.2 Å². The van der Waals surface area contributed by atoms with Gasteiger partial charge >= 0.3 is 0 Å². The van der Waals surface area contributed by atoms with Crippen molar-refractivity contribution in [2.45, 2.75) is 45.6 Å². The molecule has 0 fully saturated rings. The lowest BCUT2D eigenvalue weighted by atomic mass is 10.0. The number of imidazole rings is 1. The van der Waals surface area contributed by atoms with Crippen LogP contribution in [0, 0.1) is 0 Å². The van der Waals surface area contributed by atoms with Gasteiger partial charge in [-0.3, -0.25) is 9.59 Å². The summed E-state index contributed by atoms with van der Waals surface area (Å²) in [6.07, 6.45) is 3.30. The number of fused-ring (bicyclic) bond motifs is 2. The van der Waals surface area contributed by atoms with E-state index < -0.39 is 0 Å². The van der Waals surface area contributed by atoms with E-state index in [9.17, 15) is 9.59 Å². The van der Waals surface area contributed by atoms with Gasteiger partial charge in [0.1, 0.15) is 5.82 Å². The standard InChI is InChI=1S/C23H26N4O2/c1-2-27-20-8-4-3-7-19(20)25-21(27)12-13-24-22(28)9-5-6-16-10-11-18-17(14-16)15-23(29)26-18/h3-4,7-8,10-11,14H,2,5-6,9,12-13,15H2,1H3,(H,24,28)(H,26,29). The normalized spacial score (nSPS) is 12.8. The van der Waals surface area contributed by atoms with Gasteiger partial charge in [-0.1, -0.05) is 24.3 Å². The molecule has 0 aliphatic carbocycles. The minimum absolute atomic E-state index is 0.0492. The molecule has 6 heteroatoms. The lowest BCUT2D eigenvalue weighted by Crippen LogP contribution is -2.26. The Hall–Kier alpha value is -3.15. The molecule has 0 saturated heterocycles. The molecule has 29 heavy (non-hydrogen) atoms. The quantitative estimate of drug-likeness (QED) is 0.620. The number of rotatable bonds is 8. The van der Waals surface area contributed by atoms with Crippen molar-refractivity contribution in [1.82, 2.24) is 14.9 Å². The van der Waals surface area contributed by atoms with Gasteiger partial charge in [0.25, 0.3) is 0 Å². The van der Waals surface area contributed by atoms with Crippen molar-refractivity contribution in [2.75, 3.05) is 11.9 Å². The highest BCUT2D eigenvalue weighted by Crippen LogP contribution is 2.24. The number of carbonyl (C=O) groups is 2. The third-order valence-corrected chi connectivity index (χ3v) is 5.38. The number of nitrogens with zero attached hydrogens (tertiary/aromatic N) is 2. The first-order valence-corrected chi connectivity index (χ1v) is 10.3. The Labute approximate surface area is 170 Å². The molecular weight excluding hydrogens is 364 g/mol. The van der Waals surface area contributed by atoms with E-state index >= 15 is 0 Å². The van der Waals surface area contributed by atoms with Gasteiger partial charge in [0.15, 0.2) is 0 Å². The van der Waals surface area contributed by atoms with Crippen molar-refractivity contribution in [3.8, 4) is 0 Å². The average molecular weight is 390 g/mol. The molecule has 1 aliphatic rings. The van der Waals surface area contributed by atoms with E-state index in [1.54, 1.807) is 0 Å². The summed E-state index contributed by atoms with van der Waals surface area (Å²) in [5, 5.41) is 5.86. The number of aromatic nitrogens is 2. The van der Waals surface area contributed by atoms with Crippen LogP contribution in [-0.2, 0) is 35.4 Å². The molecule has 2 heterocycles. The van der Waals surface area contributed by atoms with Gasteiger partial charge in [0.05, 0.1) is 17.5 Å². The second kappa shape index (κ2) is 8.47. The monoisotopic (exact) mass is 390 g/mol. The molecule has 150 valence electrons. The summed E-state index contributed by atoms with van der Waals surface area (Å²) >= 11 is 0. The lowest BCUT2D eigenvalue weighted by Gasteiger charge is -2.08. The first kappa shape index (κ1) is 19.2. The van der Waals surface area contributed by atoms with Crippen LogP contribution in [0.5, 0.6) is 0 Å². The molecule has 0 radical (unpaired) electrons. The molecule has 0 unspecified atom stereocenters. The van der Waals surface area contributed by atoms with E-state index in [1.807, 2.05) is 30.3 Å². The highest BCUT2D eigenvalue weighted by atomic mass is 16.2. The van der Waals surface area contributed by atoms with Crippen molar-refractivity contribution in [1.29, 1.82) is 0 Å². The van der Waals surface area contributed by atoms with E-state index in [1.165, 1.54) is 5.56 Å². The molecule has 0 saturated carbocycles. The minimum Gasteiger partial charge on any atom is -0.356 e. The fraction of sp³-hybridized carbons (Fsp3) is 0.348. The number of benzene rings is 2. The zero-order valence-electron chi connectivity index (χ0n) is 16.7. The average Bonchev–Trinajstić information content (AvgIpc) is 3.26. The van der Waals surface area contributed by atoms with E-state index in [2.05, 4.69) is 34.3 Å². The van der Waals surface area contributed by atoms with E-state index in [-0.39, 0.29) is 11.8 Å². The Morgan fingerprint density at radius 3 is 2.93 bits per heavy atom. The van der Waals surface area contributed by atoms with Crippen LogP contribution in [0.25, 0.3) is 11.0 Å². The van der Waals surface area contributed by atoms with Crippen LogP contribution in [0.15, 0.2) is 42.5 Å². The van der Waals surface area contributed by atoms with Gasteiger partial charge in [0, 0.05) is 31.6 Å². The molecule has 1 aliphatic heterocycles. The highest BCUT2D eigenvalue weighted by molar-refractivity contribution is 5.99. The van der Waals surface area contributed by atoms with Crippen LogP contribution in [-0.4, -0.2) is 27.9 Å². The SMILES string of the molecule is CCn1c(CCNC(=O)CCCc2ccc3c(c2)CC(=O)N3)nc2ccccc21. The number of amides is 2. The van der Waals surface area contributed by atoms with Crippen LogP contribution in [0.2, 0.25) is 0 Å². The predicted octanol–water partition coefficient (Wildman–Crippen LogP) is 3.23. The van der Waals surface area contributed by atoms with Crippen molar-refractivity contribution in [3.63, 3.8) is 0 Å². The van der Waals surface area contributed by atoms with Crippen LogP contribution in [0.4, 0.5) is 5.69 Å². The summed E-state index contributed by atoms with van der Waals surface area (Å²) in [4.78, 5) is 28.3. The molecule has 0 atom stereocenters. The minimum atomic E-state index is 0.0492. The number of hydrogen-bond acceptors (Lipinski definition) is 3. The number of aryl methyl sites for hydroxylation is 2. The van der Waals surface area contributed by atoms with Gasteiger partial charge in [0.2, 0.25) is 11.8 Å². The van der Waals surface area contributed by atoms with Crippen LogP contribution < -0.4 is 10.6 Å². The Bertz CT molecular complexity index is 1050. The second-order valence-corrected chi connectivity index (χ2v) is 7.43. The topological polar surface area (TPSA) is 76.0 Å². The second-order valence-electron chi connectivity index (χ2n) is 7.43. The summed E-state index contributed by atoms with van der Waals surface area (Å²) in [5.41, 5.74) is 5.28. The summed E-state index contributed by atoms with van der Waals surface area (Å²) in [6, 6.07) is 14.2. The van der Waals surface area contributed by atoms with Crippen molar-refractivity contribution in [2.24, 2.45) is 0 Å². The molecule has 0 bridgehead atoms. The smallest absolute Gasteiger partial charge is 0.228 e. The maximum atomic E-state index is 12.2. The van der Waals surface area contributed by atoms with Gasteiger partial charge in [-0.25, -0.2) is 4.98 Å². The maximum Gasteiger partial charge on any atom is 0.228 e. The van der Waals surface area contributed by atoms with E-state index in [0.717, 1.165) is 53.9 Å². The maximum absolute atomic E-state index is 12.2. The third-order valence-electron chi connectivity index (χ3n) is 5.38. The number of anilines is 1. The van der Waals surface area contributed by atoms with E-state index in [4.69, 9.17) is 4.98 Å². The number of para-hydroxylation sites is 2. The Kier molecular flexibility index (Phi) is 5.60. The molecule has 2 N–H and O–H groups in total. The van der Waals surface area contributed by atoms with Crippen LogP contribution in [0.3, 0.4) is 0 Å². The van der Waals surface area contributed by atoms with Crippen LogP contribution >= 0.6 is 0 Å². The molecule has 2 aromatic carbocycles. The Balaban J connectivity index is 1.23. The fourth-order valence-corrected chi connectivity index (χ4v) is 3.96. The third kappa shape index (κ3) is 4.31. The molecule has 0 spiro atoms. The molecular formula is C23H26N4O2. The molecule has 2 amide bonds. The fourth-order valence-electron chi connectivity index (χ4n) is 3.96.